The molecule has 7 rings (SSSR count). The van der Waals surface area contributed by atoms with E-state index in [1.54, 1.807) is 0 Å². The highest BCUT2D eigenvalue weighted by molar-refractivity contribution is 5.79. The molecule has 174 valence electrons. The highest BCUT2D eigenvalue weighted by atomic mass is 16.8. The maximum atomic E-state index is 13.4. The summed E-state index contributed by atoms with van der Waals surface area (Å²) in [4.78, 5) is 19.6. The molecule has 3 atom stereocenters. The van der Waals surface area contributed by atoms with E-state index in [1.165, 1.54) is 49.7 Å². The molecule has 2 heterocycles. The molecule has 0 radical (unpaired) electrons. The Bertz CT molecular complexity index is 885. The molecule has 32 heavy (non-hydrogen) atoms. The minimum absolute atomic E-state index is 0.106. The average Bonchev–Trinajstić information content (AvgIpc) is 2.98. The van der Waals surface area contributed by atoms with Crippen LogP contribution in [0.4, 0.5) is 0 Å². The molecule has 0 aromatic heterocycles. The van der Waals surface area contributed by atoms with Gasteiger partial charge in [-0.2, -0.15) is 5.06 Å². The van der Waals surface area contributed by atoms with Gasteiger partial charge in [-0.3, -0.25) is 4.84 Å². The van der Waals surface area contributed by atoms with Gasteiger partial charge in [-0.25, -0.2) is 4.79 Å². The molecule has 2 aliphatic heterocycles. The zero-order valence-electron chi connectivity index (χ0n) is 19.7. The number of nitrogens with zero attached hydrogens (tertiary/aromatic N) is 1. The first-order valence-electron chi connectivity index (χ1n) is 12.6. The second kappa shape index (κ2) is 7.04. The monoisotopic (exact) mass is 439 g/mol. The molecule has 1 aromatic rings. The van der Waals surface area contributed by atoms with Crippen molar-refractivity contribution in [3.8, 4) is 0 Å². The third-order valence-electron chi connectivity index (χ3n) is 8.94. The molecule has 0 spiro atoms. The van der Waals surface area contributed by atoms with Crippen LogP contribution in [0.1, 0.15) is 82.9 Å². The molecule has 4 saturated carbocycles. The summed E-state index contributed by atoms with van der Waals surface area (Å²) in [6, 6.07) is 8.38. The van der Waals surface area contributed by atoms with E-state index in [9.17, 15) is 9.90 Å². The minimum Gasteiger partial charge on any atom is -0.456 e. The zero-order chi connectivity index (χ0) is 22.3. The number of esters is 1. The van der Waals surface area contributed by atoms with Gasteiger partial charge in [-0.15, -0.1) is 0 Å². The number of aliphatic hydroxyl groups is 1. The third-order valence-corrected chi connectivity index (χ3v) is 8.94. The SMILES string of the molecule is CC(C)(C)OC(=O)[C@]1(O)ON2CCc3ccccc3[C@@H]2[C@H]1CC12CC3CC(CC(C3)C1)C2. The van der Waals surface area contributed by atoms with Crippen LogP contribution >= 0.6 is 0 Å². The number of fused-ring (bicyclic) bond motifs is 3. The summed E-state index contributed by atoms with van der Waals surface area (Å²) in [5.74, 6) is -0.408. The molecule has 4 aliphatic carbocycles. The summed E-state index contributed by atoms with van der Waals surface area (Å²) in [6.07, 6.45) is 9.58. The number of hydroxylamine groups is 2. The largest absolute Gasteiger partial charge is 0.456 e. The summed E-state index contributed by atoms with van der Waals surface area (Å²) in [7, 11) is 0. The quantitative estimate of drug-likeness (QED) is 0.687. The molecule has 0 amide bonds. The van der Waals surface area contributed by atoms with E-state index >= 15 is 0 Å². The summed E-state index contributed by atoms with van der Waals surface area (Å²) in [6.45, 7) is 6.23. The maximum Gasteiger partial charge on any atom is 0.369 e. The fourth-order valence-electron chi connectivity index (χ4n) is 8.35. The van der Waals surface area contributed by atoms with E-state index in [4.69, 9.17) is 9.57 Å². The molecule has 1 aromatic carbocycles. The Morgan fingerprint density at radius 2 is 1.75 bits per heavy atom. The Balaban J connectivity index is 1.39. The molecular weight excluding hydrogens is 402 g/mol. The van der Waals surface area contributed by atoms with Gasteiger partial charge in [0.25, 0.3) is 5.79 Å². The van der Waals surface area contributed by atoms with Crippen LogP contribution in [-0.2, 0) is 20.8 Å². The van der Waals surface area contributed by atoms with Crippen molar-refractivity contribution in [2.75, 3.05) is 6.54 Å². The van der Waals surface area contributed by atoms with Crippen molar-refractivity contribution in [1.82, 2.24) is 5.06 Å². The fourth-order valence-corrected chi connectivity index (χ4v) is 8.35. The molecule has 4 bridgehead atoms. The van der Waals surface area contributed by atoms with Crippen LogP contribution < -0.4 is 0 Å². The number of rotatable bonds is 3. The Morgan fingerprint density at radius 3 is 2.38 bits per heavy atom. The minimum atomic E-state index is -1.93. The number of carbonyl (C=O) groups excluding carboxylic acids is 1. The maximum absolute atomic E-state index is 13.4. The number of benzene rings is 1. The molecular formula is C27H37NO4. The highest BCUT2D eigenvalue weighted by Crippen LogP contribution is 2.64. The number of hydrogen-bond acceptors (Lipinski definition) is 5. The molecule has 1 N–H and O–H groups in total. The topological polar surface area (TPSA) is 59.0 Å². The molecule has 1 saturated heterocycles. The zero-order valence-corrected chi connectivity index (χ0v) is 19.7. The lowest BCUT2D eigenvalue weighted by molar-refractivity contribution is -0.297. The van der Waals surface area contributed by atoms with Crippen molar-refractivity contribution >= 4 is 5.97 Å². The van der Waals surface area contributed by atoms with Gasteiger partial charge in [-0.05, 0) is 106 Å². The molecule has 6 aliphatic rings. The standard InChI is InChI=1S/C27H37NO4/c1-25(2,3)31-24(29)27(30)22(16-26-13-17-10-18(14-26)12-19(11-17)15-26)23-21-7-5-4-6-20(21)8-9-28(23)32-27/h4-7,17-19,22-23,30H,8-16H2,1-3H3/t17?,18?,19?,22-,23-,26?,27-/m1/s1. The summed E-state index contributed by atoms with van der Waals surface area (Å²) >= 11 is 0. The molecule has 5 heteroatoms. The van der Waals surface area contributed by atoms with Crippen molar-refractivity contribution in [2.24, 2.45) is 29.1 Å². The first kappa shape index (κ1) is 21.1. The summed E-state index contributed by atoms with van der Waals surface area (Å²) in [5.41, 5.74) is 2.05. The Labute approximate surface area is 191 Å². The van der Waals surface area contributed by atoms with Gasteiger partial charge < -0.3 is 9.84 Å². The predicted octanol–water partition coefficient (Wildman–Crippen LogP) is 4.78. The van der Waals surface area contributed by atoms with Gasteiger partial charge in [0.2, 0.25) is 0 Å². The van der Waals surface area contributed by atoms with E-state index in [0.717, 1.165) is 30.6 Å². The van der Waals surface area contributed by atoms with E-state index in [1.807, 2.05) is 25.8 Å². The van der Waals surface area contributed by atoms with Gasteiger partial charge in [-0.1, -0.05) is 24.3 Å². The first-order chi connectivity index (χ1) is 15.1. The van der Waals surface area contributed by atoms with Crippen molar-refractivity contribution in [3.63, 3.8) is 0 Å². The summed E-state index contributed by atoms with van der Waals surface area (Å²) in [5, 5.41) is 13.8. The first-order valence-corrected chi connectivity index (χ1v) is 12.6. The van der Waals surface area contributed by atoms with Crippen molar-refractivity contribution in [2.45, 2.75) is 89.6 Å². The Hall–Kier alpha value is -1.43. The predicted molar refractivity (Wildman–Crippen MR) is 120 cm³/mol. The Kier molecular flexibility index (Phi) is 4.65. The lowest BCUT2D eigenvalue weighted by atomic mass is 9.47. The van der Waals surface area contributed by atoms with Crippen LogP contribution in [0.5, 0.6) is 0 Å². The summed E-state index contributed by atoms with van der Waals surface area (Å²) < 4.78 is 5.73. The van der Waals surface area contributed by atoms with Crippen molar-refractivity contribution in [1.29, 1.82) is 0 Å². The Morgan fingerprint density at radius 1 is 1.12 bits per heavy atom. The van der Waals surface area contributed by atoms with Gasteiger partial charge in [0.15, 0.2) is 0 Å². The van der Waals surface area contributed by atoms with Gasteiger partial charge in [0.05, 0.1) is 6.04 Å². The van der Waals surface area contributed by atoms with Crippen LogP contribution in [0.2, 0.25) is 0 Å². The van der Waals surface area contributed by atoms with Gasteiger partial charge >= 0.3 is 5.97 Å². The average molecular weight is 440 g/mol. The van der Waals surface area contributed by atoms with E-state index in [-0.39, 0.29) is 17.4 Å². The number of carbonyl (C=O) groups is 1. The molecule has 5 nitrogen and oxygen atoms in total. The van der Waals surface area contributed by atoms with Crippen LogP contribution in [0.15, 0.2) is 24.3 Å². The lowest BCUT2D eigenvalue weighted by Gasteiger charge is -2.58. The number of hydrogen-bond donors (Lipinski definition) is 1. The molecule has 5 fully saturated rings. The van der Waals surface area contributed by atoms with Gasteiger partial charge in [0.1, 0.15) is 5.60 Å². The van der Waals surface area contributed by atoms with Crippen molar-refractivity contribution in [3.05, 3.63) is 35.4 Å². The van der Waals surface area contributed by atoms with Crippen LogP contribution in [0.25, 0.3) is 0 Å². The van der Waals surface area contributed by atoms with Crippen molar-refractivity contribution < 1.29 is 19.5 Å². The lowest BCUT2D eigenvalue weighted by Crippen LogP contribution is -2.52. The second-order valence-corrected chi connectivity index (χ2v) is 12.6. The fraction of sp³-hybridized carbons (Fsp3) is 0.741. The third kappa shape index (κ3) is 3.35. The van der Waals surface area contributed by atoms with Crippen LogP contribution in [0.3, 0.4) is 0 Å². The van der Waals surface area contributed by atoms with Crippen LogP contribution in [0, 0.1) is 29.1 Å². The smallest absolute Gasteiger partial charge is 0.369 e. The highest BCUT2D eigenvalue weighted by Gasteiger charge is 2.64. The van der Waals surface area contributed by atoms with E-state index < -0.39 is 17.4 Å². The second-order valence-electron chi connectivity index (χ2n) is 12.6. The van der Waals surface area contributed by atoms with E-state index in [0.29, 0.717) is 6.54 Å². The van der Waals surface area contributed by atoms with Gasteiger partial charge in [0, 0.05) is 12.5 Å². The van der Waals surface area contributed by atoms with E-state index in [2.05, 4.69) is 24.3 Å². The molecule has 0 unspecified atom stereocenters. The number of ether oxygens (including phenoxy) is 1. The van der Waals surface area contributed by atoms with Crippen LogP contribution in [-0.4, -0.2) is 34.1 Å². The normalized spacial score (nSPS) is 42.6.